The van der Waals surface area contributed by atoms with Crippen LogP contribution < -0.4 is 0 Å². The van der Waals surface area contributed by atoms with Gasteiger partial charge in [0.1, 0.15) is 0 Å². The quantitative estimate of drug-likeness (QED) is 0.718. The van der Waals surface area contributed by atoms with Crippen LogP contribution in [0.1, 0.15) is 53.3 Å². The Morgan fingerprint density at radius 2 is 1.00 bits per heavy atom. The number of benzene rings is 2. The molecular formula is C21H29N. The van der Waals surface area contributed by atoms with E-state index in [4.69, 9.17) is 0 Å². The molecule has 1 heteroatoms. The molecule has 118 valence electrons. The summed E-state index contributed by atoms with van der Waals surface area (Å²) in [6.45, 7) is 15.6. The lowest BCUT2D eigenvalue weighted by Gasteiger charge is -2.34. The van der Waals surface area contributed by atoms with Crippen molar-refractivity contribution in [3.8, 4) is 0 Å². The Kier molecular flexibility index (Phi) is 5.42. The van der Waals surface area contributed by atoms with Crippen molar-refractivity contribution < 1.29 is 0 Å². The summed E-state index contributed by atoms with van der Waals surface area (Å²) in [4.78, 5) is 2.57. The number of hydrogen-bond acceptors (Lipinski definition) is 1. The summed E-state index contributed by atoms with van der Waals surface area (Å²) in [5.41, 5.74) is 8.51. The molecule has 2 rings (SSSR count). The zero-order chi connectivity index (χ0) is 16.3. The summed E-state index contributed by atoms with van der Waals surface area (Å²) >= 11 is 0. The second-order valence-electron chi connectivity index (χ2n) is 6.23. The predicted octanol–water partition coefficient (Wildman–Crippen LogP) is 5.35. The molecule has 0 N–H and O–H groups in total. The van der Waals surface area contributed by atoms with Crippen LogP contribution in [0.4, 0.5) is 0 Å². The fourth-order valence-electron chi connectivity index (χ4n) is 3.62. The highest BCUT2D eigenvalue weighted by Crippen LogP contribution is 2.36. The first-order valence-corrected chi connectivity index (χ1v) is 8.37. The maximum Gasteiger partial charge on any atom is 0.0612 e. The second kappa shape index (κ2) is 7.11. The third-order valence-corrected chi connectivity index (χ3v) is 4.81. The number of rotatable bonds is 5. The summed E-state index contributed by atoms with van der Waals surface area (Å²) < 4.78 is 0. The van der Waals surface area contributed by atoms with Crippen LogP contribution in [0.2, 0.25) is 0 Å². The highest BCUT2D eigenvalue weighted by molar-refractivity contribution is 5.47. The van der Waals surface area contributed by atoms with Crippen LogP contribution in [0, 0.1) is 27.7 Å². The lowest BCUT2D eigenvalue weighted by molar-refractivity contribution is 0.248. The minimum Gasteiger partial charge on any atom is -0.293 e. The lowest BCUT2D eigenvalue weighted by atomic mass is 9.86. The summed E-state index contributed by atoms with van der Waals surface area (Å²) in [7, 11) is 0. The van der Waals surface area contributed by atoms with Crippen LogP contribution in [-0.2, 0) is 0 Å². The minimum absolute atomic E-state index is 0.345. The van der Waals surface area contributed by atoms with Crippen molar-refractivity contribution in [1.29, 1.82) is 0 Å². The molecule has 0 aliphatic heterocycles. The molecule has 0 aliphatic rings. The van der Waals surface area contributed by atoms with Crippen LogP contribution in [0.3, 0.4) is 0 Å². The topological polar surface area (TPSA) is 3.24 Å². The Balaban J connectivity index is 2.73. The summed E-state index contributed by atoms with van der Waals surface area (Å²) in [5, 5.41) is 0. The maximum atomic E-state index is 2.57. The zero-order valence-electron chi connectivity index (χ0n) is 14.9. The van der Waals surface area contributed by atoms with Gasteiger partial charge in [-0.3, -0.25) is 4.90 Å². The first-order chi connectivity index (χ1) is 10.5. The van der Waals surface area contributed by atoms with E-state index in [9.17, 15) is 0 Å². The molecule has 2 aromatic carbocycles. The van der Waals surface area contributed by atoms with Crippen molar-refractivity contribution >= 4 is 0 Å². The van der Waals surface area contributed by atoms with Crippen LogP contribution in [0.25, 0.3) is 0 Å². The van der Waals surface area contributed by atoms with Gasteiger partial charge in [-0.15, -0.1) is 0 Å². The SMILES string of the molecule is CCN(CC)C(c1c(C)cccc1C)c1c(C)cccc1C. The van der Waals surface area contributed by atoms with E-state index in [0.29, 0.717) is 6.04 Å². The number of aryl methyl sites for hydroxylation is 4. The van der Waals surface area contributed by atoms with Crippen molar-refractivity contribution in [1.82, 2.24) is 4.90 Å². The molecule has 0 fully saturated rings. The number of nitrogens with zero attached hydrogens (tertiary/aromatic N) is 1. The average molecular weight is 295 g/mol. The van der Waals surface area contributed by atoms with E-state index in [-0.39, 0.29) is 0 Å². The fraction of sp³-hybridized carbons (Fsp3) is 0.429. The molecule has 0 amide bonds. The van der Waals surface area contributed by atoms with Crippen LogP contribution in [0.5, 0.6) is 0 Å². The largest absolute Gasteiger partial charge is 0.293 e. The zero-order valence-corrected chi connectivity index (χ0v) is 14.9. The van der Waals surface area contributed by atoms with E-state index in [2.05, 4.69) is 82.8 Å². The standard InChI is InChI=1S/C21H29N/c1-7-22(8-2)21(19-15(3)11-9-12-16(19)4)20-17(5)13-10-14-18(20)6/h9-14,21H,7-8H2,1-6H3. The normalized spacial score (nSPS) is 11.5. The van der Waals surface area contributed by atoms with E-state index in [1.165, 1.54) is 33.4 Å². The molecule has 1 nitrogen and oxygen atoms in total. The molecular weight excluding hydrogens is 266 g/mol. The van der Waals surface area contributed by atoms with Gasteiger partial charge in [0.25, 0.3) is 0 Å². The highest BCUT2D eigenvalue weighted by atomic mass is 15.1. The van der Waals surface area contributed by atoms with Crippen molar-refractivity contribution in [3.63, 3.8) is 0 Å². The molecule has 0 unspecified atom stereocenters. The number of hydrogen-bond donors (Lipinski definition) is 0. The molecule has 0 bridgehead atoms. The summed E-state index contributed by atoms with van der Waals surface area (Å²) in [6, 6.07) is 13.6. The Morgan fingerprint density at radius 3 is 1.27 bits per heavy atom. The van der Waals surface area contributed by atoms with Gasteiger partial charge in [0.05, 0.1) is 6.04 Å². The molecule has 0 saturated carbocycles. The van der Waals surface area contributed by atoms with Gasteiger partial charge < -0.3 is 0 Å². The van der Waals surface area contributed by atoms with Crippen molar-refractivity contribution in [2.45, 2.75) is 47.6 Å². The minimum atomic E-state index is 0.345. The van der Waals surface area contributed by atoms with Crippen LogP contribution in [0.15, 0.2) is 36.4 Å². The molecule has 0 atom stereocenters. The Morgan fingerprint density at radius 1 is 0.682 bits per heavy atom. The third-order valence-electron chi connectivity index (χ3n) is 4.81. The van der Waals surface area contributed by atoms with Crippen LogP contribution in [-0.4, -0.2) is 18.0 Å². The maximum absolute atomic E-state index is 2.57. The van der Waals surface area contributed by atoms with Gasteiger partial charge in [0, 0.05) is 0 Å². The van der Waals surface area contributed by atoms with Gasteiger partial charge in [-0.2, -0.15) is 0 Å². The van der Waals surface area contributed by atoms with E-state index < -0.39 is 0 Å². The molecule has 2 aromatic rings. The molecule has 0 aliphatic carbocycles. The van der Waals surface area contributed by atoms with Gasteiger partial charge in [-0.25, -0.2) is 0 Å². The van der Waals surface area contributed by atoms with Gasteiger partial charge in [0.15, 0.2) is 0 Å². The first kappa shape index (κ1) is 16.8. The smallest absolute Gasteiger partial charge is 0.0612 e. The van der Waals surface area contributed by atoms with Crippen LogP contribution >= 0.6 is 0 Å². The van der Waals surface area contributed by atoms with Crippen molar-refractivity contribution in [2.24, 2.45) is 0 Å². The highest BCUT2D eigenvalue weighted by Gasteiger charge is 2.25. The second-order valence-corrected chi connectivity index (χ2v) is 6.23. The van der Waals surface area contributed by atoms with E-state index in [1.54, 1.807) is 0 Å². The fourth-order valence-corrected chi connectivity index (χ4v) is 3.62. The lowest BCUT2D eigenvalue weighted by Crippen LogP contribution is -2.31. The third kappa shape index (κ3) is 3.10. The molecule has 0 aromatic heterocycles. The van der Waals surface area contributed by atoms with Crippen molar-refractivity contribution in [2.75, 3.05) is 13.1 Å². The average Bonchev–Trinajstić information content (AvgIpc) is 2.47. The van der Waals surface area contributed by atoms with E-state index in [0.717, 1.165) is 13.1 Å². The van der Waals surface area contributed by atoms with E-state index in [1.807, 2.05) is 0 Å². The van der Waals surface area contributed by atoms with Gasteiger partial charge in [-0.05, 0) is 74.2 Å². The molecule has 0 saturated heterocycles. The van der Waals surface area contributed by atoms with Gasteiger partial charge in [-0.1, -0.05) is 50.2 Å². The Bertz CT molecular complexity index is 546. The van der Waals surface area contributed by atoms with Gasteiger partial charge >= 0.3 is 0 Å². The van der Waals surface area contributed by atoms with E-state index >= 15 is 0 Å². The molecule has 0 spiro atoms. The summed E-state index contributed by atoms with van der Waals surface area (Å²) in [6.07, 6.45) is 0. The summed E-state index contributed by atoms with van der Waals surface area (Å²) in [5.74, 6) is 0. The predicted molar refractivity (Wildman–Crippen MR) is 96.6 cm³/mol. The van der Waals surface area contributed by atoms with Crippen molar-refractivity contribution in [3.05, 3.63) is 69.8 Å². The Labute approximate surface area is 136 Å². The van der Waals surface area contributed by atoms with Gasteiger partial charge in [0.2, 0.25) is 0 Å². The molecule has 22 heavy (non-hydrogen) atoms. The molecule has 0 heterocycles. The Hall–Kier alpha value is -1.60. The molecule has 0 radical (unpaired) electrons. The monoisotopic (exact) mass is 295 g/mol. The first-order valence-electron chi connectivity index (χ1n) is 8.37.